The molecule has 104 valence electrons. The van der Waals surface area contributed by atoms with Gasteiger partial charge in [0.15, 0.2) is 0 Å². The van der Waals surface area contributed by atoms with Gasteiger partial charge in [0.1, 0.15) is 0 Å². The second kappa shape index (κ2) is 6.36. The third-order valence-electron chi connectivity index (χ3n) is 4.71. The summed E-state index contributed by atoms with van der Waals surface area (Å²) in [6.45, 7) is 8.42. The minimum Gasteiger partial charge on any atom is -0.305 e. The standard InChI is InChI=1S/C18H27N/c1-4-5-18(19)17-9-8-16(11-14(17)3)12-15-7-6-13(2)10-15/h4-5,8,14-15,17,19H,2,6-7,9-12H2,1,3H3. The van der Waals surface area contributed by atoms with E-state index in [-0.39, 0.29) is 0 Å². The van der Waals surface area contributed by atoms with Crippen LogP contribution in [-0.4, -0.2) is 5.71 Å². The van der Waals surface area contributed by atoms with E-state index in [4.69, 9.17) is 5.41 Å². The van der Waals surface area contributed by atoms with Gasteiger partial charge in [0.2, 0.25) is 0 Å². The van der Waals surface area contributed by atoms with Gasteiger partial charge in [0.25, 0.3) is 0 Å². The van der Waals surface area contributed by atoms with Gasteiger partial charge >= 0.3 is 0 Å². The molecule has 0 aromatic heterocycles. The summed E-state index contributed by atoms with van der Waals surface area (Å²) in [5.41, 5.74) is 3.89. The molecule has 1 N–H and O–H groups in total. The van der Waals surface area contributed by atoms with Gasteiger partial charge in [0.05, 0.1) is 0 Å². The Bertz CT molecular complexity index is 413. The first-order valence-corrected chi connectivity index (χ1v) is 7.65. The maximum absolute atomic E-state index is 8.10. The second-order valence-corrected chi connectivity index (χ2v) is 6.40. The molecule has 2 aliphatic rings. The normalized spacial score (nSPS) is 31.8. The number of nitrogens with one attached hydrogen (secondary N) is 1. The predicted octanol–water partition coefficient (Wildman–Crippen LogP) is 5.30. The lowest BCUT2D eigenvalue weighted by atomic mass is 9.76. The van der Waals surface area contributed by atoms with Gasteiger partial charge in [-0.2, -0.15) is 0 Å². The van der Waals surface area contributed by atoms with E-state index in [2.05, 4.69) is 19.6 Å². The zero-order valence-electron chi connectivity index (χ0n) is 12.4. The zero-order valence-corrected chi connectivity index (χ0v) is 12.4. The summed E-state index contributed by atoms with van der Waals surface area (Å²) in [4.78, 5) is 0. The van der Waals surface area contributed by atoms with Crippen molar-refractivity contribution in [2.45, 2.75) is 52.4 Å². The van der Waals surface area contributed by atoms with Crippen molar-refractivity contribution in [2.24, 2.45) is 17.8 Å². The molecular weight excluding hydrogens is 230 g/mol. The fourth-order valence-electron chi connectivity index (χ4n) is 3.63. The van der Waals surface area contributed by atoms with Crippen molar-refractivity contribution in [3.05, 3.63) is 36.0 Å². The van der Waals surface area contributed by atoms with Crippen molar-refractivity contribution in [2.75, 3.05) is 0 Å². The quantitative estimate of drug-likeness (QED) is 0.522. The van der Waals surface area contributed by atoms with E-state index in [9.17, 15) is 0 Å². The molecule has 1 saturated carbocycles. The van der Waals surface area contributed by atoms with Crippen LogP contribution in [0.4, 0.5) is 0 Å². The van der Waals surface area contributed by atoms with E-state index in [1.165, 1.54) is 37.7 Å². The highest BCUT2D eigenvalue weighted by Gasteiger charge is 2.26. The van der Waals surface area contributed by atoms with Crippen LogP contribution < -0.4 is 0 Å². The summed E-state index contributed by atoms with van der Waals surface area (Å²) in [5.74, 6) is 1.89. The molecule has 1 fully saturated rings. The Hall–Kier alpha value is -1.11. The molecule has 1 nitrogen and oxygen atoms in total. The smallest absolute Gasteiger partial charge is 0.0347 e. The summed E-state index contributed by atoms with van der Waals surface area (Å²) >= 11 is 0. The molecule has 19 heavy (non-hydrogen) atoms. The number of hydrogen-bond donors (Lipinski definition) is 1. The molecule has 0 aliphatic heterocycles. The van der Waals surface area contributed by atoms with Crippen LogP contribution in [0.2, 0.25) is 0 Å². The first-order valence-electron chi connectivity index (χ1n) is 7.65. The molecule has 0 radical (unpaired) electrons. The highest BCUT2D eigenvalue weighted by Crippen LogP contribution is 2.38. The van der Waals surface area contributed by atoms with Crippen molar-refractivity contribution in [3.8, 4) is 0 Å². The van der Waals surface area contributed by atoms with Crippen molar-refractivity contribution in [1.29, 1.82) is 5.41 Å². The lowest BCUT2D eigenvalue weighted by Crippen LogP contribution is -2.23. The van der Waals surface area contributed by atoms with Crippen LogP contribution in [0.15, 0.2) is 36.0 Å². The monoisotopic (exact) mass is 257 g/mol. The fraction of sp³-hybridized carbons (Fsp3) is 0.611. The Balaban J connectivity index is 1.92. The van der Waals surface area contributed by atoms with E-state index in [1.807, 2.05) is 19.1 Å². The molecular formula is C18H27N. The maximum Gasteiger partial charge on any atom is 0.0347 e. The van der Waals surface area contributed by atoms with Crippen LogP contribution in [0.3, 0.4) is 0 Å². The molecule has 2 rings (SSSR count). The van der Waals surface area contributed by atoms with Gasteiger partial charge in [-0.15, -0.1) is 0 Å². The Morgan fingerprint density at radius 2 is 2.26 bits per heavy atom. The molecule has 0 amide bonds. The Morgan fingerprint density at radius 3 is 2.84 bits per heavy atom. The van der Waals surface area contributed by atoms with Crippen molar-refractivity contribution in [1.82, 2.24) is 0 Å². The third kappa shape index (κ3) is 3.68. The highest BCUT2D eigenvalue weighted by atomic mass is 14.5. The molecule has 0 bridgehead atoms. The highest BCUT2D eigenvalue weighted by molar-refractivity contribution is 5.94. The molecule has 2 aliphatic carbocycles. The zero-order chi connectivity index (χ0) is 13.8. The molecule has 3 atom stereocenters. The van der Waals surface area contributed by atoms with Crippen molar-refractivity contribution >= 4 is 5.71 Å². The van der Waals surface area contributed by atoms with E-state index in [0.717, 1.165) is 18.1 Å². The van der Waals surface area contributed by atoms with Crippen LogP contribution in [-0.2, 0) is 0 Å². The maximum atomic E-state index is 8.10. The van der Waals surface area contributed by atoms with Gasteiger partial charge in [-0.05, 0) is 63.4 Å². The van der Waals surface area contributed by atoms with Crippen LogP contribution in [0.5, 0.6) is 0 Å². The first kappa shape index (κ1) is 14.3. The molecule has 0 saturated heterocycles. The SMILES string of the molecule is C=C1CCC(CC2=CCC(C(=N)C=CC)C(C)C2)C1. The number of hydrogen-bond acceptors (Lipinski definition) is 1. The molecule has 0 aromatic carbocycles. The molecule has 0 heterocycles. The van der Waals surface area contributed by atoms with Crippen LogP contribution >= 0.6 is 0 Å². The van der Waals surface area contributed by atoms with Gasteiger partial charge in [-0.3, -0.25) is 0 Å². The lowest BCUT2D eigenvalue weighted by Gasteiger charge is -2.29. The summed E-state index contributed by atoms with van der Waals surface area (Å²) < 4.78 is 0. The second-order valence-electron chi connectivity index (χ2n) is 6.40. The first-order chi connectivity index (χ1) is 9.10. The van der Waals surface area contributed by atoms with Crippen molar-refractivity contribution < 1.29 is 0 Å². The summed E-state index contributed by atoms with van der Waals surface area (Å²) in [7, 11) is 0. The van der Waals surface area contributed by atoms with Gasteiger partial charge in [-0.25, -0.2) is 0 Å². The Kier molecular flexibility index (Phi) is 4.79. The van der Waals surface area contributed by atoms with E-state index in [1.54, 1.807) is 5.57 Å². The van der Waals surface area contributed by atoms with Gasteiger partial charge in [-0.1, -0.05) is 36.8 Å². The summed E-state index contributed by atoms with van der Waals surface area (Å²) in [6, 6.07) is 0. The van der Waals surface area contributed by atoms with Gasteiger partial charge in [0, 0.05) is 11.6 Å². The average Bonchev–Trinajstić information content (AvgIpc) is 2.75. The van der Waals surface area contributed by atoms with Crippen LogP contribution in [0, 0.1) is 23.2 Å². The van der Waals surface area contributed by atoms with E-state index < -0.39 is 0 Å². The minimum atomic E-state index is 0.429. The average molecular weight is 257 g/mol. The predicted molar refractivity (Wildman–Crippen MR) is 83.6 cm³/mol. The van der Waals surface area contributed by atoms with Crippen molar-refractivity contribution in [3.63, 3.8) is 0 Å². The van der Waals surface area contributed by atoms with E-state index in [0.29, 0.717) is 11.8 Å². The lowest BCUT2D eigenvalue weighted by molar-refractivity contribution is 0.409. The third-order valence-corrected chi connectivity index (χ3v) is 4.71. The minimum absolute atomic E-state index is 0.429. The summed E-state index contributed by atoms with van der Waals surface area (Å²) in [5, 5.41) is 8.10. The van der Waals surface area contributed by atoms with Crippen LogP contribution in [0.25, 0.3) is 0 Å². The Labute approximate surface area is 118 Å². The fourth-order valence-corrected chi connectivity index (χ4v) is 3.63. The molecule has 3 unspecified atom stereocenters. The van der Waals surface area contributed by atoms with Crippen LogP contribution in [0.1, 0.15) is 52.4 Å². The Morgan fingerprint density at radius 1 is 1.47 bits per heavy atom. The largest absolute Gasteiger partial charge is 0.305 e. The summed E-state index contributed by atoms with van der Waals surface area (Å²) in [6.07, 6.45) is 13.7. The molecule has 1 heteroatoms. The number of allylic oxidation sites excluding steroid dienone is 5. The molecule has 0 aromatic rings. The van der Waals surface area contributed by atoms with E-state index >= 15 is 0 Å². The topological polar surface area (TPSA) is 23.9 Å². The molecule has 0 spiro atoms. The number of rotatable bonds is 4. The van der Waals surface area contributed by atoms with Gasteiger partial charge < -0.3 is 5.41 Å².